The Morgan fingerprint density at radius 3 is 2.85 bits per heavy atom. The Bertz CT molecular complexity index is 723. The highest BCUT2D eigenvalue weighted by atomic mass is 16.6. The minimum atomic E-state index is -0.169. The van der Waals surface area contributed by atoms with Gasteiger partial charge in [-0.05, 0) is 37.8 Å². The van der Waals surface area contributed by atoms with Crippen molar-refractivity contribution in [3.63, 3.8) is 0 Å². The molecule has 1 N–H and O–H groups in total. The first-order valence-electron chi connectivity index (χ1n) is 9.93. The number of nitrogens with one attached hydrogen (secondary N) is 1. The molecule has 27 heavy (non-hydrogen) atoms. The van der Waals surface area contributed by atoms with E-state index in [4.69, 9.17) is 9.47 Å². The number of hydrogen-bond acceptors (Lipinski definition) is 4. The Kier molecular flexibility index (Phi) is 5.09. The lowest BCUT2D eigenvalue weighted by Crippen LogP contribution is -2.51. The zero-order chi connectivity index (χ0) is 18.8. The van der Waals surface area contributed by atoms with Crippen molar-refractivity contribution in [2.45, 2.75) is 51.1 Å². The van der Waals surface area contributed by atoms with Crippen LogP contribution in [0.1, 0.15) is 39.0 Å². The van der Waals surface area contributed by atoms with Crippen LogP contribution in [0.15, 0.2) is 18.2 Å². The molecule has 0 aromatic heterocycles. The summed E-state index contributed by atoms with van der Waals surface area (Å²) in [6.07, 6.45) is 4.60. The summed E-state index contributed by atoms with van der Waals surface area (Å²) in [6.45, 7) is 4.46. The monoisotopic (exact) mass is 373 g/mol. The second-order valence-corrected chi connectivity index (χ2v) is 7.43. The number of nitrogens with zero attached hydrogens (tertiary/aromatic N) is 2. The van der Waals surface area contributed by atoms with Gasteiger partial charge in [0, 0.05) is 37.3 Å². The minimum Gasteiger partial charge on any atom is -0.486 e. The summed E-state index contributed by atoms with van der Waals surface area (Å²) in [7, 11) is 0. The molecule has 0 bridgehead atoms. The topological polar surface area (TPSA) is 71.1 Å². The first-order valence-corrected chi connectivity index (χ1v) is 9.93. The van der Waals surface area contributed by atoms with Crippen LogP contribution in [0.2, 0.25) is 0 Å². The van der Waals surface area contributed by atoms with Crippen molar-refractivity contribution in [1.29, 1.82) is 0 Å². The van der Waals surface area contributed by atoms with Gasteiger partial charge in [-0.3, -0.25) is 4.79 Å². The number of fused-ring (bicyclic) bond motifs is 1. The van der Waals surface area contributed by atoms with E-state index >= 15 is 0 Å². The standard InChI is InChI=1S/C20H27N3O4/c1-2-15-5-3-4-8-22(15)20(25)21-14-11-19(24)23(13-14)16-6-7-17-18(12-16)27-10-9-26-17/h6-7,12,14-15H,2-5,8-11,13H2,1H3,(H,21,25)/t14-,15+/m0/s1. The number of hydrogen-bond donors (Lipinski definition) is 1. The Hall–Kier alpha value is -2.44. The Morgan fingerprint density at radius 1 is 1.22 bits per heavy atom. The van der Waals surface area contributed by atoms with E-state index in [1.165, 1.54) is 6.42 Å². The number of amides is 3. The maximum atomic E-state index is 12.7. The van der Waals surface area contributed by atoms with E-state index < -0.39 is 0 Å². The third kappa shape index (κ3) is 3.68. The molecule has 0 saturated carbocycles. The molecule has 0 aliphatic carbocycles. The molecule has 2 fully saturated rings. The van der Waals surface area contributed by atoms with Crippen LogP contribution in [0.5, 0.6) is 11.5 Å². The second kappa shape index (κ2) is 7.66. The molecule has 0 spiro atoms. The van der Waals surface area contributed by atoms with Gasteiger partial charge in [0.05, 0.1) is 6.04 Å². The number of benzene rings is 1. The highest BCUT2D eigenvalue weighted by Crippen LogP contribution is 2.35. The van der Waals surface area contributed by atoms with Gasteiger partial charge in [-0.25, -0.2) is 4.79 Å². The first kappa shape index (κ1) is 17.9. The average Bonchev–Trinajstić information content (AvgIpc) is 3.07. The maximum absolute atomic E-state index is 12.7. The lowest BCUT2D eigenvalue weighted by molar-refractivity contribution is -0.117. The van der Waals surface area contributed by atoms with Crippen molar-refractivity contribution in [2.75, 3.05) is 31.2 Å². The smallest absolute Gasteiger partial charge is 0.317 e. The lowest BCUT2D eigenvalue weighted by atomic mass is 10.0. The lowest BCUT2D eigenvalue weighted by Gasteiger charge is -2.35. The van der Waals surface area contributed by atoms with Crippen LogP contribution in [0, 0.1) is 0 Å². The van der Waals surface area contributed by atoms with Gasteiger partial charge >= 0.3 is 6.03 Å². The highest BCUT2D eigenvalue weighted by Gasteiger charge is 2.34. The summed E-state index contributed by atoms with van der Waals surface area (Å²) in [6, 6.07) is 5.65. The van der Waals surface area contributed by atoms with E-state index in [1.807, 2.05) is 23.1 Å². The Balaban J connectivity index is 1.41. The van der Waals surface area contributed by atoms with Crippen LogP contribution in [-0.4, -0.2) is 55.2 Å². The van der Waals surface area contributed by atoms with E-state index in [9.17, 15) is 9.59 Å². The van der Waals surface area contributed by atoms with Crippen LogP contribution in [0.3, 0.4) is 0 Å². The molecular formula is C20H27N3O4. The SMILES string of the molecule is CC[C@@H]1CCCCN1C(=O)N[C@H]1CC(=O)N(c2ccc3c(c2)OCCO3)C1. The van der Waals surface area contributed by atoms with Gasteiger partial charge in [-0.1, -0.05) is 6.92 Å². The largest absolute Gasteiger partial charge is 0.486 e. The fourth-order valence-electron chi connectivity index (χ4n) is 4.20. The molecule has 4 rings (SSSR count). The number of ether oxygens (including phenoxy) is 2. The van der Waals surface area contributed by atoms with Crippen molar-refractivity contribution in [1.82, 2.24) is 10.2 Å². The third-order valence-electron chi connectivity index (χ3n) is 5.65. The number of carbonyl (C=O) groups is 2. The molecular weight excluding hydrogens is 346 g/mol. The predicted molar refractivity (Wildman–Crippen MR) is 101 cm³/mol. The summed E-state index contributed by atoms with van der Waals surface area (Å²) < 4.78 is 11.2. The summed E-state index contributed by atoms with van der Waals surface area (Å²) in [5.41, 5.74) is 0.783. The number of rotatable bonds is 3. The van der Waals surface area contributed by atoms with E-state index in [2.05, 4.69) is 12.2 Å². The zero-order valence-corrected chi connectivity index (χ0v) is 15.8. The van der Waals surface area contributed by atoms with Crippen LogP contribution in [0.4, 0.5) is 10.5 Å². The molecule has 3 amide bonds. The molecule has 2 atom stereocenters. The van der Waals surface area contributed by atoms with Crippen LogP contribution in [-0.2, 0) is 4.79 Å². The number of piperidine rings is 1. The van der Waals surface area contributed by atoms with Crippen LogP contribution >= 0.6 is 0 Å². The predicted octanol–water partition coefficient (Wildman–Crippen LogP) is 2.54. The van der Waals surface area contributed by atoms with E-state index in [0.29, 0.717) is 43.7 Å². The quantitative estimate of drug-likeness (QED) is 0.884. The zero-order valence-electron chi connectivity index (χ0n) is 15.8. The summed E-state index contributed by atoms with van der Waals surface area (Å²) >= 11 is 0. The maximum Gasteiger partial charge on any atom is 0.317 e. The second-order valence-electron chi connectivity index (χ2n) is 7.43. The molecule has 1 aromatic carbocycles. The van der Waals surface area contributed by atoms with Gasteiger partial charge < -0.3 is 24.6 Å². The number of anilines is 1. The Morgan fingerprint density at radius 2 is 2.04 bits per heavy atom. The highest BCUT2D eigenvalue weighted by molar-refractivity contribution is 5.97. The molecule has 1 aromatic rings. The van der Waals surface area contributed by atoms with Crippen molar-refractivity contribution in [3.8, 4) is 11.5 Å². The fourth-order valence-corrected chi connectivity index (χ4v) is 4.20. The fraction of sp³-hybridized carbons (Fsp3) is 0.600. The minimum absolute atomic E-state index is 0.0164. The van der Waals surface area contributed by atoms with E-state index in [0.717, 1.165) is 31.5 Å². The van der Waals surface area contributed by atoms with Gasteiger partial charge in [-0.15, -0.1) is 0 Å². The first-order chi connectivity index (χ1) is 13.2. The Labute approximate surface area is 159 Å². The normalized spacial score (nSPS) is 24.9. The van der Waals surface area contributed by atoms with Crippen LogP contribution < -0.4 is 19.7 Å². The number of carbonyl (C=O) groups excluding carboxylic acids is 2. The molecule has 0 unspecified atom stereocenters. The van der Waals surface area contributed by atoms with Gasteiger partial charge in [-0.2, -0.15) is 0 Å². The third-order valence-corrected chi connectivity index (χ3v) is 5.65. The van der Waals surface area contributed by atoms with Gasteiger partial charge in [0.1, 0.15) is 13.2 Å². The molecule has 3 aliphatic heterocycles. The van der Waals surface area contributed by atoms with Gasteiger partial charge in [0.2, 0.25) is 5.91 Å². The van der Waals surface area contributed by atoms with Gasteiger partial charge in [0.25, 0.3) is 0 Å². The molecule has 0 radical (unpaired) electrons. The van der Waals surface area contributed by atoms with Crippen molar-refractivity contribution in [3.05, 3.63) is 18.2 Å². The average molecular weight is 373 g/mol. The number of urea groups is 1. The molecule has 7 nitrogen and oxygen atoms in total. The number of likely N-dealkylation sites (tertiary alicyclic amines) is 1. The van der Waals surface area contributed by atoms with E-state index in [-0.39, 0.29) is 18.0 Å². The summed E-state index contributed by atoms with van der Waals surface area (Å²) in [4.78, 5) is 28.9. The molecule has 7 heteroatoms. The summed E-state index contributed by atoms with van der Waals surface area (Å²) in [5, 5.41) is 3.07. The molecule has 3 aliphatic rings. The van der Waals surface area contributed by atoms with Crippen molar-refractivity contribution >= 4 is 17.6 Å². The van der Waals surface area contributed by atoms with Gasteiger partial charge in [0.15, 0.2) is 11.5 Å². The summed E-state index contributed by atoms with van der Waals surface area (Å²) in [5.74, 6) is 1.39. The van der Waals surface area contributed by atoms with E-state index in [1.54, 1.807) is 4.90 Å². The molecule has 2 saturated heterocycles. The molecule has 3 heterocycles. The van der Waals surface area contributed by atoms with Crippen molar-refractivity contribution < 1.29 is 19.1 Å². The molecule has 146 valence electrons. The van der Waals surface area contributed by atoms with Crippen LogP contribution in [0.25, 0.3) is 0 Å². The van der Waals surface area contributed by atoms with Crippen molar-refractivity contribution in [2.24, 2.45) is 0 Å².